The smallest absolute Gasteiger partial charge is 0.194 e. The molecule has 0 bridgehead atoms. The van der Waals surface area contributed by atoms with E-state index in [2.05, 4.69) is 20.8 Å². The Labute approximate surface area is 111 Å². The van der Waals surface area contributed by atoms with Crippen LogP contribution in [-0.2, 0) is 6.42 Å². The number of furan rings is 1. The molecule has 0 fully saturated rings. The Bertz CT molecular complexity index is 363. The van der Waals surface area contributed by atoms with Crippen LogP contribution in [0.15, 0.2) is 16.7 Å². The molecule has 0 aromatic carbocycles. The summed E-state index contributed by atoms with van der Waals surface area (Å²) in [7, 11) is 0. The van der Waals surface area contributed by atoms with Crippen molar-refractivity contribution in [2.24, 2.45) is 11.8 Å². The summed E-state index contributed by atoms with van der Waals surface area (Å²) in [6.45, 7) is 8.41. The summed E-state index contributed by atoms with van der Waals surface area (Å²) in [6, 6.07) is 1.88. The van der Waals surface area contributed by atoms with E-state index in [-0.39, 0.29) is 5.78 Å². The molecule has 0 aliphatic carbocycles. The summed E-state index contributed by atoms with van der Waals surface area (Å²) in [5.74, 6) is 2.05. The van der Waals surface area contributed by atoms with Crippen LogP contribution in [-0.4, -0.2) is 5.78 Å². The third-order valence-electron chi connectivity index (χ3n) is 3.40. The Hall–Kier alpha value is -1.05. The largest absolute Gasteiger partial charge is 0.461 e. The van der Waals surface area contributed by atoms with E-state index in [1.807, 2.05) is 6.07 Å². The van der Waals surface area contributed by atoms with Gasteiger partial charge in [0.05, 0.1) is 6.26 Å². The van der Waals surface area contributed by atoms with Crippen LogP contribution in [0.1, 0.15) is 69.5 Å². The van der Waals surface area contributed by atoms with Gasteiger partial charge >= 0.3 is 0 Å². The van der Waals surface area contributed by atoms with E-state index in [9.17, 15) is 4.79 Å². The van der Waals surface area contributed by atoms with Gasteiger partial charge in [-0.05, 0) is 36.3 Å². The Morgan fingerprint density at radius 3 is 2.50 bits per heavy atom. The molecule has 1 unspecified atom stereocenters. The van der Waals surface area contributed by atoms with Crippen molar-refractivity contribution < 1.29 is 9.21 Å². The SMILES string of the molecule is CC(=O)c1cc(CCC(C)CCCC(C)C)co1. The van der Waals surface area contributed by atoms with E-state index in [4.69, 9.17) is 4.42 Å². The fourth-order valence-corrected chi connectivity index (χ4v) is 2.12. The van der Waals surface area contributed by atoms with Gasteiger partial charge in [0.2, 0.25) is 0 Å². The second kappa shape index (κ2) is 7.40. The number of carbonyl (C=O) groups excluding carboxylic acids is 1. The van der Waals surface area contributed by atoms with Gasteiger partial charge in [-0.15, -0.1) is 0 Å². The molecular formula is C16H26O2. The Morgan fingerprint density at radius 2 is 1.94 bits per heavy atom. The van der Waals surface area contributed by atoms with Gasteiger partial charge in [-0.2, -0.15) is 0 Å². The molecule has 1 atom stereocenters. The molecule has 2 heteroatoms. The maximum absolute atomic E-state index is 11.1. The quantitative estimate of drug-likeness (QED) is 0.616. The second-order valence-electron chi connectivity index (χ2n) is 5.84. The highest BCUT2D eigenvalue weighted by Gasteiger charge is 2.08. The number of Topliss-reactive ketones (excluding diaryl/α,β-unsaturated/α-hetero) is 1. The average molecular weight is 250 g/mol. The van der Waals surface area contributed by atoms with Gasteiger partial charge in [-0.3, -0.25) is 4.79 Å². The van der Waals surface area contributed by atoms with Crippen LogP contribution >= 0.6 is 0 Å². The minimum atomic E-state index is 0.00577. The molecule has 0 saturated heterocycles. The van der Waals surface area contributed by atoms with E-state index in [1.165, 1.54) is 32.6 Å². The lowest BCUT2D eigenvalue weighted by Gasteiger charge is -2.11. The predicted octanol–water partition coefficient (Wildman–Crippen LogP) is 4.88. The molecule has 1 rings (SSSR count). The van der Waals surface area contributed by atoms with Crippen molar-refractivity contribution in [2.45, 2.75) is 59.8 Å². The number of hydrogen-bond acceptors (Lipinski definition) is 2. The summed E-state index contributed by atoms with van der Waals surface area (Å²) < 4.78 is 5.22. The molecule has 2 nitrogen and oxygen atoms in total. The summed E-state index contributed by atoms with van der Waals surface area (Å²) in [6.07, 6.45) is 7.86. The number of rotatable bonds is 8. The molecule has 1 aromatic heterocycles. The first-order valence-corrected chi connectivity index (χ1v) is 7.07. The highest BCUT2D eigenvalue weighted by molar-refractivity contribution is 5.91. The zero-order valence-corrected chi connectivity index (χ0v) is 12.2. The minimum Gasteiger partial charge on any atom is -0.461 e. The van der Waals surface area contributed by atoms with Gasteiger partial charge in [-0.1, -0.05) is 40.0 Å². The highest BCUT2D eigenvalue weighted by Crippen LogP contribution is 2.18. The van der Waals surface area contributed by atoms with Crippen molar-refractivity contribution in [3.8, 4) is 0 Å². The molecule has 102 valence electrons. The molecule has 18 heavy (non-hydrogen) atoms. The van der Waals surface area contributed by atoms with Gasteiger partial charge in [0.25, 0.3) is 0 Å². The first-order chi connectivity index (χ1) is 8.49. The minimum absolute atomic E-state index is 0.00577. The summed E-state index contributed by atoms with van der Waals surface area (Å²) in [5.41, 5.74) is 1.15. The summed E-state index contributed by atoms with van der Waals surface area (Å²) in [5, 5.41) is 0. The first kappa shape index (κ1) is 15.0. The monoisotopic (exact) mass is 250 g/mol. The van der Waals surface area contributed by atoms with Crippen molar-refractivity contribution in [2.75, 3.05) is 0 Å². The van der Waals surface area contributed by atoms with Crippen molar-refractivity contribution in [1.82, 2.24) is 0 Å². The lowest BCUT2D eigenvalue weighted by molar-refractivity contribution is 0.0987. The Kier molecular flexibility index (Phi) is 6.17. The molecule has 0 amide bonds. The molecule has 1 heterocycles. The third kappa shape index (κ3) is 5.52. The van der Waals surface area contributed by atoms with Crippen LogP contribution in [0.2, 0.25) is 0 Å². The van der Waals surface area contributed by atoms with Crippen molar-refractivity contribution >= 4 is 5.78 Å². The van der Waals surface area contributed by atoms with Crippen LogP contribution in [0.3, 0.4) is 0 Å². The number of hydrogen-bond donors (Lipinski definition) is 0. The molecule has 0 aliphatic rings. The Balaban J connectivity index is 2.24. The normalized spacial score (nSPS) is 12.9. The van der Waals surface area contributed by atoms with E-state index in [1.54, 1.807) is 6.26 Å². The molecular weight excluding hydrogens is 224 g/mol. The van der Waals surface area contributed by atoms with Crippen LogP contribution < -0.4 is 0 Å². The van der Waals surface area contributed by atoms with E-state index < -0.39 is 0 Å². The topological polar surface area (TPSA) is 30.2 Å². The molecule has 0 N–H and O–H groups in total. The van der Waals surface area contributed by atoms with Crippen molar-refractivity contribution in [1.29, 1.82) is 0 Å². The lowest BCUT2D eigenvalue weighted by atomic mass is 9.95. The van der Waals surface area contributed by atoms with Gasteiger partial charge in [-0.25, -0.2) is 0 Å². The molecule has 0 radical (unpaired) electrons. The number of ketones is 1. The zero-order chi connectivity index (χ0) is 13.5. The molecule has 1 aromatic rings. The fourth-order valence-electron chi connectivity index (χ4n) is 2.12. The van der Waals surface area contributed by atoms with E-state index in [0.29, 0.717) is 5.76 Å². The number of carbonyl (C=O) groups is 1. The lowest BCUT2D eigenvalue weighted by Crippen LogP contribution is -1.98. The molecule has 0 saturated carbocycles. The molecule has 0 spiro atoms. The van der Waals surface area contributed by atoms with Crippen LogP contribution in [0.25, 0.3) is 0 Å². The van der Waals surface area contributed by atoms with Crippen molar-refractivity contribution in [3.05, 3.63) is 23.7 Å². The third-order valence-corrected chi connectivity index (χ3v) is 3.40. The maximum Gasteiger partial charge on any atom is 0.194 e. The van der Waals surface area contributed by atoms with Gasteiger partial charge in [0.15, 0.2) is 11.5 Å². The average Bonchev–Trinajstić information content (AvgIpc) is 2.74. The summed E-state index contributed by atoms with van der Waals surface area (Å²) >= 11 is 0. The maximum atomic E-state index is 11.1. The van der Waals surface area contributed by atoms with Gasteiger partial charge in [0, 0.05) is 6.92 Å². The second-order valence-corrected chi connectivity index (χ2v) is 5.84. The van der Waals surface area contributed by atoms with Gasteiger partial charge < -0.3 is 4.42 Å². The van der Waals surface area contributed by atoms with Crippen LogP contribution in [0.4, 0.5) is 0 Å². The van der Waals surface area contributed by atoms with Crippen LogP contribution in [0.5, 0.6) is 0 Å². The highest BCUT2D eigenvalue weighted by atomic mass is 16.3. The zero-order valence-electron chi connectivity index (χ0n) is 12.2. The van der Waals surface area contributed by atoms with E-state index in [0.717, 1.165) is 23.8 Å². The predicted molar refractivity (Wildman–Crippen MR) is 74.9 cm³/mol. The standard InChI is InChI=1S/C16H26O2/c1-12(2)6-5-7-13(3)8-9-15-10-16(14(4)17)18-11-15/h10-13H,5-9H2,1-4H3. The Morgan fingerprint density at radius 1 is 1.22 bits per heavy atom. The van der Waals surface area contributed by atoms with Crippen molar-refractivity contribution in [3.63, 3.8) is 0 Å². The fraction of sp³-hybridized carbons (Fsp3) is 0.688. The first-order valence-electron chi connectivity index (χ1n) is 7.07. The van der Waals surface area contributed by atoms with E-state index >= 15 is 0 Å². The van der Waals surface area contributed by atoms with Crippen LogP contribution in [0, 0.1) is 11.8 Å². The summed E-state index contributed by atoms with van der Waals surface area (Å²) in [4.78, 5) is 11.1. The molecule has 0 aliphatic heterocycles. The van der Waals surface area contributed by atoms with Gasteiger partial charge in [0.1, 0.15) is 0 Å². The number of aryl methyl sites for hydroxylation is 1.